The second-order valence-electron chi connectivity index (χ2n) is 8.06. The third kappa shape index (κ3) is 4.45. The zero-order chi connectivity index (χ0) is 22.8. The molecule has 0 saturated carbocycles. The lowest BCUT2D eigenvalue weighted by Crippen LogP contribution is -2.35. The number of aromatic nitrogens is 1. The Bertz CT molecular complexity index is 1310. The predicted molar refractivity (Wildman–Crippen MR) is 128 cm³/mol. The lowest BCUT2D eigenvalue weighted by atomic mass is 10.0. The van der Waals surface area contributed by atoms with Crippen molar-refractivity contribution in [3.8, 4) is 11.5 Å². The zero-order valence-corrected chi connectivity index (χ0v) is 19.0. The summed E-state index contributed by atoms with van der Waals surface area (Å²) in [5, 5.41) is 5.01. The van der Waals surface area contributed by atoms with Crippen molar-refractivity contribution in [1.82, 2.24) is 9.88 Å². The first-order chi connectivity index (χ1) is 16.1. The maximum Gasteiger partial charge on any atom is 0.254 e. The monoisotopic (exact) mass is 457 g/mol. The van der Waals surface area contributed by atoms with Gasteiger partial charge >= 0.3 is 0 Å². The highest BCUT2D eigenvalue weighted by molar-refractivity contribution is 7.10. The highest BCUT2D eigenvalue weighted by Gasteiger charge is 2.24. The topological polar surface area (TPSA) is 75.4 Å². The molecule has 166 valence electrons. The number of hydrogen-bond donors (Lipinski definition) is 1. The standard InChI is InChI=1S/C26H23N3O3S/c1-17-21(26(31)29-12-10-23-19(15-29)11-13-33-23)8-5-9-22(17)28-24(30)14-20-16-32-25(27-20)18-6-3-2-4-7-18/h2-9,11,13,16H,10,12,14-15H2,1H3,(H,28,30). The van der Waals surface area contributed by atoms with Crippen LogP contribution < -0.4 is 5.32 Å². The van der Waals surface area contributed by atoms with Crippen molar-refractivity contribution < 1.29 is 14.0 Å². The van der Waals surface area contributed by atoms with Gasteiger partial charge in [-0.2, -0.15) is 0 Å². The molecule has 5 rings (SSSR count). The lowest BCUT2D eigenvalue weighted by molar-refractivity contribution is -0.115. The Morgan fingerprint density at radius 2 is 1.97 bits per heavy atom. The van der Waals surface area contributed by atoms with Gasteiger partial charge in [-0.15, -0.1) is 11.3 Å². The highest BCUT2D eigenvalue weighted by atomic mass is 32.1. The molecule has 2 aromatic heterocycles. The van der Waals surface area contributed by atoms with Gasteiger partial charge in [0.2, 0.25) is 11.8 Å². The number of thiophene rings is 1. The molecule has 3 heterocycles. The van der Waals surface area contributed by atoms with Crippen molar-refractivity contribution in [2.45, 2.75) is 26.3 Å². The smallest absolute Gasteiger partial charge is 0.254 e. The van der Waals surface area contributed by atoms with Crippen molar-refractivity contribution in [3.63, 3.8) is 0 Å². The number of nitrogens with one attached hydrogen (secondary N) is 1. The van der Waals surface area contributed by atoms with E-state index >= 15 is 0 Å². The fourth-order valence-corrected chi connectivity index (χ4v) is 4.94. The van der Waals surface area contributed by atoms with Crippen LogP contribution in [0.1, 0.15) is 32.1 Å². The molecule has 1 aliphatic rings. The number of benzene rings is 2. The summed E-state index contributed by atoms with van der Waals surface area (Å²) in [5.74, 6) is 0.262. The average Bonchev–Trinajstić information content (AvgIpc) is 3.49. The molecule has 1 aliphatic heterocycles. The largest absolute Gasteiger partial charge is 0.444 e. The van der Waals surface area contributed by atoms with Gasteiger partial charge in [-0.05, 0) is 60.2 Å². The molecule has 0 unspecified atom stereocenters. The summed E-state index contributed by atoms with van der Waals surface area (Å²) in [5.41, 5.74) is 4.64. The van der Waals surface area contributed by atoms with E-state index in [1.165, 1.54) is 16.7 Å². The van der Waals surface area contributed by atoms with E-state index in [9.17, 15) is 9.59 Å². The molecular weight excluding hydrogens is 434 g/mol. The number of anilines is 1. The maximum atomic E-state index is 13.2. The molecule has 0 aliphatic carbocycles. The molecule has 0 saturated heterocycles. The van der Waals surface area contributed by atoms with Crippen molar-refractivity contribution in [2.24, 2.45) is 0 Å². The quantitative estimate of drug-likeness (QED) is 0.453. The van der Waals surface area contributed by atoms with E-state index in [0.29, 0.717) is 35.9 Å². The van der Waals surface area contributed by atoms with Crippen molar-refractivity contribution in [3.05, 3.63) is 93.5 Å². The molecule has 0 fully saturated rings. The van der Waals surface area contributed by atoms with Gasteiger partial charge < -0.3 is 14.6 Å². The summed E-state index contributed by atoms with van der Waals surface area (Å²) >= 11 is 1.75. The summed E-state index contributed by atoms with van der Waals surface area (Å²) in [7, 11) is 0. The average molecular weight is 458 g/mol. The summed E-state index contributed by atoms with van der Waals surface area (Å²) in [6, 6.07) is 17.1. The summed E-state index contributed by atoms with van der Waals surface area (Å²) in [6.45, 7) is 3.20. The normalized spacial score (nSPS) is 12.9. The van der Waals surface area contributed by atoms with Crippen molar-refractivity contribution >= 4 is 28.8 Å². The first-order valence-electron chi connectivity index (χ1n) is 10.8. The van der Waals surface area contributed by atoms with Gasteiger partial charge in [0.25, 0.3) is 5.91 Å². The highest BCUT2D eigenvalue weighted by Crippen LogP contribution is 2.27. The fraction of sp³-hybridized carbons (Fsp3) is 0.192. The molecule has 0 atom stereocenters. The molecule has 7 heteroatoms. The molecule has 1 N–H and O–H groups in total. The van der Waals surface area contributed by atoms with Crippen molar-refractivity contribution in [1.29, 1.82) is 0 Å². The van der Waals surface area contributed by atoms with E-state index in [1.807, 2.05) is 54.3 Å². The number of carbonyl (C=O) groups excluding carboxylic acids is 2. The number of nitrogens with zero attached hydrogens (tertiary/aromatic N) is 2. The predicted octanol–water partition coefficient (Wildman–Crippen LogP) is 5.09. The van der Waals surface area contributed by atoms with Crippen LogP contribution in [-0.4, -0.2) is 28.2 Å². The van der Waals surface area contributed by atoms with E-state index in [2.05, 4.69) is 21.7 Å². The van der Waals surface area contributed by atoms with Gasteiger partial charge in [-0.25, -0.2) is 4.98 Å². The van der Waals surface area contributed by atoms with Crippen LogP contribution in [0, 0.1) is 6.92 Å². The number of amides is 2. The van der Waals surface area contributed by atoms with E-state index in [4.69, 9.17) is 4.42 Å². The number of oxazole rings is 1. The number of hydrogen-bond acceptors (Lipinski definition) is 5. The number of carbonyl (C=O) groups is 2. The van der Waals surface area contributed by atoms with Crippen LogP contribution in [0.25, 0.3) is 11.5 Å². The van der Waals surface area contributed by atoms with E-state index in [-0.39, 0.29) is 18.2 Å². The second-order valence-corrected chi connectivity index (χ2v) is 9.06. The number of fused-ring (bicyclic) bond motifs is 1. The number of rotatable bonds is 5. The minimum absolute atomic E-state index is 0.00977. The van der Waals surface area contributed by atoms with Gasteiger partial charge in [0, 0.05) is 34.8 Å². The summed E-state index contributed by atoms with van der Waals surface area (Å²) in [4.78, 5) is 33.6. The van der Waals surface area contributed by atoms with Crippen LogP contribution in [0.5, 0.6) is 0 Å². The van der Waals surface area contributed by atoms with Crippen LogP contribution in [-0.2, 0) is 24.2 Å². The van der Waals surface area contributed by atoms with Crippen LogP contribution in [0.4, 0.5) is 5.69 Å². The minimum atomic E-state index is -0.212. The van der Waals surface area contributed by atoms with Gasteiger partial charge in [0.05, 0.1) is 12.1 Å². The first-order valence-corrected chi connectivity index (χ1v) is 11.7. The maximum absolute atomic E-state index is 13.2. The Morgan fingerprint density at radius 1 is 1.12 bits per heavy atom. The third-order valence-electron chi connectivity index (χ3n) is 5.85. The lowest BCUT2D eigenvalue weighted by Gasteiger charge is -2.28. The molecule has 4 aromatic rings. The van der Waals surface area contributed by atoms with E-state index < -0.39 is 0 Å². The Kier molecular flexibility index (Phi) is 5.79. The van der Waals surface area contributed by atoms with Gasteiger partial charge in [0.1, 0.15) is 6.26 Å². The SMILES string of the molecule is Cc1c(NC(=O)Cc2coc(-c3ccccc3)n2)cccc1C(=O)N1CCc2sccc2C1. The van der Waals surface area contributed by atoms with E-state index in [0.717, 1.165) is 17.5 Å². The molecule has 0 radical (unpaired) electrons. The third-order valence-corrected chi connectivity index (χ3v) is 6.87. The first kappa shape index (κ1) is 21.2. The van der Waals surface area contributed by atoms with Gasteiger partial charge in [0.15, 0.2) is 0 Å². The van der Waals surface area contributed by atoms with Crippen LogP contribution >= 0.6 is 11.3 Å². The molecular formula is C26H23N3O3S. The summed E-state index contributed by atoms with van der Waals surface area (Å²) in [6.07, 6.45) is 2.47. The zero-order valence-electron chi connectivity index (χ0n) is 18.2. The summed E-state index contributed by atoms with van der Waals surface area (Å²) < 4.78 is 5.52. The molecule has 2 aromatic carbocycles. The minimum Gasteiger partial charge on any atom is -0.444 e. The van der Waals surface area contributed by atoms with Crippen LogP contribution in [0.2, 0.25) is 0 Å². The van der Waals surface area contributed by atoms with Gasteiger partial charge in [-0.1, -0.05) is 24.3 Å². The molecule has 0 bridgehead atoms. The molecule has 33 heavy (non-hydrogen) atoms. The second kappa shape index (κ2) is 9.03. The Labute approximate surface area is 195 Å². The van der Waals surface area contributed by atoms with Crippen LogP contribution in [0.15, 0.2) is 70.7 Å². The van der Waals surface area contributed by atoms with Crippen LogP contribution in [0.3, 0.4) is 0 Å². The van der Waals surface area contributed by atoms with Gasteiger partial charge in [-0.3, -0.25) is 9.59 Å². The Hall–Kier alpha value is -3.71. The Balaban J connectivity index is 1.27. The van der Waals surface area contributed by atoms with Crippen molar-refractivity contribution in [2.75, 3.05) is 11.9 Å². The fourth-order valence-electron chi connectivity index (χ4n) is 4.06. The molecule has 0 spiro atoms. The molecule has 6 nitrogen and oxygen atoms in total. The molecule has 2 amide bonds. The Morgan fingerprint density at radius 3 is 2.82 bits per heavy atom. The van der Waals surface area contributed by atoms with E-state index in [1.54, 1.807) is 17.4 Å².